The lowest BCUT2D eigenvalue weighted by Gasteiger charge is -2.25. The molecule has 0 aromatic carbocycles. The van der Waals surface area contributed by atoms with Crippen LogP contribution in [0.15, 0.2) is 0 Å². The first-order valence-electron chi connectivity index (χ1n) is 4.06. The number of hydrogen-bond donors (Lipinski definition) is 1. The Balaban J connectivity index is 1.94. The molecule has 1 aliphatic rings. The van der Waals surface area contributed by atoms with Crippen molar-refractivity contribution in [2.75, 3.05) is 6.54 Å². The molecule has 0 aliphatic carbocycles. The zero-order chi connectivity index (χ0) is 8.10. The van der Waals surface area contributed by atoms with Gasteiger partial charge in [-0.25, -0.2) is 0 Å². The Morgan fingerprint density at radius 3 is 2.82 bits per heavy atom. The molecule has 0 saturated carbocycles. The Labute approximate surface area is 66.2 Å². The molecule has 0 bridgehead atoms. The van der Waals surface area contributed by atoms with Crippen LogP contribution in [0.5, 0.6) is 0 Å². The van der Waals surface area contributed by atoms with Gasteiger partial charge in [0.2, 0.25) is 5.91 Å². The van der Waals surface area contributed by atoms with E-state index in [-0.39, 0.29) is 11.8 Å². The second kappa shape index (κ2) is 4.11. The van der Waals surface area contributed by atoms with Gasteiger partial charge in [0.25, 0.3) is 0 Å². The normalized spacial score (nSPS) is 22.2. The van der Waals surface area contributed by atoms with Crippen molar-refractivity contribution in [3.05, 3.63) is 0 Å². The van der Waals surface area contributed by atoms with E-state index in [2.05, 4.69) is 5.32 Å². The third kappa shape index (κ3) is 2.33. The lowest BCUT2D eigenvalue weighted by molar-refractivity contribution is -0.131. The molecule has 0 aromatic rings. The van der Waals surface area contributed by atoms with Crippen LogP contribution in [0.3, 0.4) is 0 Å². The smallest absolute Gasteiger partial charge is 0.224 e. The third-order valence-corrected chi connectivity index (χ3v) is 2.02. The number of rotatable bonds is 5. The molecule has 0 radical (unpaired) electrons. The van der Waals surface area contributed by atoms with E-state index >= 15 is 0 Å². The highest BCUT2D eigenvalue weighted by molar-refractivity contribution is 5.84. The fourth-order valence-corrected chi connectivity index (χ4v) is 1.18. The maximum atomic E-state index is 10.7. The summed E-state index contributed by atoms with van der Waals surface area (Å²) in [6.45, 7) is 0.833. The molecule has 1 amide bonds. The van der Waals surface area contributed by atoms with Crippen molar-refractivity contribution in [3.63, 3.8) is 0 Å². The Morgan fingerprint density at radius 1 is 1.55 bits per heavy atom. The average Bonchev–Trinajstić information content (AvgIpc) is 2.02. The Morgan fingerprint density at radius 2 is 2.36 bits per heavy atom. The number of amides is 1. The van der Waals surface area contributed by atoms with Crippen LogP contribution >= 0.6 is 0 Å². The number of β-lactam (4-membered cyclic amide) rings is 1. The van der Waals surface area contributed by atoms with E-state index in [4.69, 9.17) is 0 Å². The lowest BCUT2D eigenvalue weighted by Crippen LogP contribution is -2.48. The summed E-state index contributed by atoms with van der Waals surface area (Å²) >= 11 is 0. The predicted molar refractivity (Wildman–Crippen MR) is 41.0 cm³/mol. The molecule has 0 spiro atoms. The quantitative estimate of drug-likeness (QED) is 0.357. The van der Waals surface area contributed by atoms with Gasteiger partial charge >= 0.3 is 0 Å². The highest BCUT2D eigenvalue weighted by Crippen LogP contribution is 2.14. The van der Waals surface area contributed by atoms with Crippen molar-refractivity contribution in [2.45, 2.75) is 25.7 Å². The SMILES string of the molecule is O=CCCCC[C@@H]1CNC1=O. The Bertz CT molecular complexity index is 156. The summed E-state index contributed by atoms with van der Waals surface area (Å²) in [7, 11) is 0. The van der Waals surface area contributed by atoms with Gasteiger partial charge in [-0.3, -0.25) is 4.79 Å². The predicted octanol–water partition coefficient (Wildman–Crippen LogP) is 0.492. The van der Waals surface area contributed by atoms with Crippen LogP contribution in [0.25, 0.3) is 0 Å². The van der Waals surface area contributed by atoms with Gasteiger partial charge < -0.3 is 10.1 Å². The molecule has 0 unspecified atom stereocenters. The number of carbonyl (C=O) groups is 2. The van der Waals surface area contributed by atoms with Crippen LogP contribution in [0, 0.1) is 5.92 Å². The van der Waals surface area contributed by atoms with E-state index in [0.717, 1.165) is 32.1 Å². The van der Waals surface area contributed by atoms with Crippen LogP contribution in [-0.2, 0) is 9.59 Å². The molecule has 1 N–H and O–H groups in total. The molecule has 0 aromatic heterocycles. The van der Waals surface area contributed by atoms with Gasteiger partial charge in [-0.05, 0) is 12.8 Å². The van der Waals surface area contributed by atoms with Crippen LogP contribution < -0.4 is 5.32 Å². The molecular weight excluding hydrogens is 142 g/mol. The Kier molecular flexibility index (Phi) is 3.08. The van der Waals surface area contributed by atoms with Crippen LogP contribution in [0.2, 0.25) is 0 Å². The summed E-state index contributed by atoms with van der Waals surface area (Å²) in [6.07, 6.45) is 4.43. The monoisotopic (exact) mass is 155 g/mol. The molecule has 1 atom stereocenters. The number of nitrogens with one attached hydrogen (secondary N) is 1. The second-order valence-electron chi connectivity index (χ2n) is 2.89. The molecule has 1 fully saturated rings. The molecule has 62 valence electrons. The van der Waals surface area contributed by atoms with Crippen molar-refractivity contribution < 1.29 is 9.59 Å². The van der Waals surface area contributed by atoms with Gasteiger partial charge in [-0.15, -0.1) is 0 Å². The van der Waals surface area contributed by atoms with Crippen LogP contribution in [0.1, 0.15) is 25.7 Å². The van der Waals surface area contributed by atoms with Crippen molar-refractivity contribution in [2.24, 2.45) is 5.92 Å². The van der Waals surface area contributed by atoms with E-state index in [9.17, 15) is 9.59 Å². The zero-order valence-electron chi connectivity index (χ0n) is 6.51. The minimum Gasteiger partial charge on any atom is -0.355 e. The number of hydrogen-bond acceptors (Lipinski definition) is 2. The first-order chi connectivity index (χ1) is 5.34. The molecular formula is C8H13NO2. The molecule has 11 heavy (non-hydrogen) atoms. The van der Waals surface area contributed by atoms with Gasteiger partial charge in [0.1, 0.15) is 6.29 Å². The van der Waals surface area contributed by atoms with Crippen LogP contribution in [0.4, 0.5) is 0 Å². The lowest BCUT2D eigenvalue weighted by atomic mass is 9.95. The fourth-order valence-electron chi connectivity index (χ4n) is 1.18. The summed E-state index contributed by atoms with van der Waals surface area (Å²) in [5.74, 6) is 0.415. The van der Waals surface area contributed by atoms with Crippen molar-refractivity contribution in [3.8, 4) is 0 Å². The first-order valence-corrected chi connectivity index (χ1v) is 4.06. The van der Waals surface area contributed by atoms with Gasteiger partial charge in [-0.1, -0.05) is 6.42 Å². The minimum absolute atomic E-state index is 0.177. The number of aldehydes is 1. The third-order valence-electron chi connectivity index (χ3n) is 2.02. The van der Waals surface area contributed by atoms with E-state index in [0.29, 0.717) is 6.42 Å². The molecule has 1 rings (SSSR count). The topological polar surface area (TPSA) is 46.2 Å². The van der Waals surface area contributed by atoms with Crippen molar-refractivity contribution in [1.29, 1.82) is 0 Å². The summed E-state index contributed by atoms with van der Waals surface area (Å²) in [5, 5.41) is 2.69. The Hall–Kier alpha value is -0.860. The molecule has 3 heteroatoms. The van der Waals surface area contributed by atoms with Gasteiger partial charge in [0.15, 0.2) is 0 Å². The number of unbranched alkanes of at least 4 members (excludes halogenated alkanes) is 2. The van der Waals surface area contributed by atoms with Gasteiger partial charge in [0.05, 0.1) is 5.92 Å². The number of carbonyl (C=O) groups excluding carboxylic acids is 2. The van der Waals surface area contributed by atoms with E-state index in [1.807, 2.05) is 0 Å². The average molecular weight is 155 g/mol. The summed E-state index contributed by atoms with van der Waals surface area (Å²) < 4.78 is 0. The molecule has 1 heterocycles. The van der Waals surface area contributed by atoms with E-state index in [1.165, 1.54) is 0 Å². The minimum atomic E-state index is 0.177. The van der Waals surface area contributed by atoms with E-state index < -0.39 is 0 Å². The summed E-state index contributed by atoms with van der Waals surface area (Å²) in [5.41, 5.74) is 0. The summed E-state index contributed by atoms with van der Waals surface area (Å²) in [6, 6.07) is 0. The zero-order valence-corrected chi connectivity index (χ0v) is 6.51. The maximum Gasteiger partial charge on any atom is 0.224 e. The largest absolute Gasteiger partial charge is 0.355 e. The second-order valence-corrected chi connectivity index (χ2v) is 2.89. The van der Waals surface area contributed by atoms with Crippen molar-refractivity contribution >= 4 is 12.2 Å². The van der Waals surface area contributed by atoms with E-state index in [1.54, 1.807) is 0 Å². The fraction of sp³-hybridized carbons (Fsp3) is 0.750. The maximum absolute atomic E-state index is 10.7. The highest BCUT2D eigenvalue weighted by atomic mass is 16.2. The van der Waals surface area contributed by atoms with Crippen molar-refractivity contribution in [1.82, 2.24) is 5.32 Å². The molecule has 1 aliphatic heterocycles. The molecule has 3 nitrogen and oxygen atoms in total. The van der Waals surface area contributed by atoms with Crippen LogP contribution in [-0.4, -0.2) is 18.7 Å². The first kappa shape index (κ1) is 8.24. The molecule has 1 saturated heterocycles. The highest BCUT2D eigenvalue weighted by Gasteiger charge is 2.26. The standard InChI is InChI=1S/C8H13NO2/c10-5-3-1-2-4-7-6-9-8(7)11/h5,7H,1-4,6H2,(H,9,11)/t7-/m1/s1. The summed E-state index contributed by atoms with van der Waals surface area (Å²) in [4.78, 5) is 20.6. The van der Waals surface area contributed by atoms with Gasteiger partial charge in [-0.2, -0.15) is 0 Å². The van der Waals surface area contributed by atoms with Gasteiger partial charge in [0, 0.05) is 13.0 Å².